The van der Waals surface area contributed by atoms with Crippen LogP contribution in [0.1, 0.15) is 5.56 Å². The first kappa shape index (κ1) is 14.0. The van der Waals surface area contributed by atoms with E-state index in [4.69, 9.17) is 34.8 Å². The number of nitrogens with zero attached hydrogens (tertiary/aromatic N) is 1. The molecule has 3 rings (SSSR count). The third-order valence-electron chi connectivity index (χ3n) is 2.84. The lowest BCUT2D eigenvalue weighted by atomic mass is 10.2. The van der Waals surface area contributed by atoms with Crippen molar-refractivity contribution in [2.45, 2.75) is 6.92 Å². The highest BCUT2D eigenvalue weighted by atomic mass is 35.5. The SMILES string of the molecule is Cc1cc(Cl)c(Nc2nc3ccc(Cl)cc3s2)cc1Cl. The van der Waals surface area contributed by atoms with Gasteiger partial charge < -0.3 is 5.32 Å². The van der Waals surface area contributed by atoms with Gasteiger partial charge in [0.2, 0.25) is 0 Å². The second-order valence-corrected chi connectivity index (χ2v) is 6.62. The van der Waals surface area contributed by atoms with E-state index in [1.807, 2.05) is 31.2 Å². The molecular formula is C14H9Cl3N2S. The van der Waals surface area contributed by atoms with Crippen LogP contribution in [0, 0.1) is 6.92 Å². The van der Waals surface area contributed by atoms with Gasteiger partial charge in [0.1, 0.15) is 0 Å². The zero-order chi connectivity index (χ0) is 14.3. The summed E-state index contributed by atoms with van der Waals surface area (Å²) in [7, 11) is 0. The standard InChI is InChI=1S/C14H9Cl3N2S/c1-7-4-10(17)12(6-9(7)16)19-14-18-11-3-2-8(15)5-13(11)20-14/h2-6H,1H3,(H,18,19). The van der Waals surface area contributed by atoms with Crippen molar-refractivity contribution >= 4 is 67.2 Å². The van der Waals surface area contributed by atoms with Crippen LogP contribution in [0.3, 0.4) is 0 Å². The lowest BCUT2D eigenvalue weighted by Crippen LogP contribution is -1.91. The summed E-state index contributed by atoms with van der Waals surface area (Å²) in [6.07, 6.45) is 0. The third-order valence-corrected chi connectivity index (χ3v) is 4.73. The fourth-order valence-electron chi connectivity index (χ4n) is 1.81. The molecule has 20 heavy (non-hydrogen) atoms. The third kappa shape index (κ3) is 2.72. The van der Waals surface area contributed by atoms with E-state index < -0.39 is 0 Å². The number of fused-ring (bicyclic) bond motifs is 1. The molecule has 102 valence electrons. The van der Waals surface area contributed by atoms with Gasteiger partial charge in [-0.2, -0.15) is 0 Å². The minimum atomic E-state index is 0.615. The smallest absolute Gasteiger partial charge is 0.188 e. The lowest BCUT2D eigenvalue weighted by Gasteiger charge is -2.07. The molecule has 1 N–H and O–H groups in total. The van der Waals surface area contributed by atoms with Gasteiger partial charge in [-0.05, 0) is 42.8 Å². The maximum atomic E-state index is 6.21. The minimum Gasteiger partial charge on any atom is -0.330 e. The molecule has 0 aliphatic carbocycles. The fourth-order valence-corrected chi connectivity index (χ4v) is 3.39. The van der Waals surface area contributed by atoms with Crippen LogP contribution < -0.4 is 5.32 Å². The van der Waals surface area contributed by atoms with Crippen molar-refractivity contribution in [2.24, 2.45) is 0 Å². The van der Waals surface area contributed by atoms with E-state index in [1.165, 1.54) is 11.3 Å². The molecule has 0 saturated heterocycles. The fraction of sp³-hybridized carbons (Fsp3) is 0.0714. The number of aromatic nitrogens is 1. The van der Waals surface area contributed by atoms with E-state index in [-0.39, 0.29) is 0 Å². The first-order valence-corrected chi connectivity index (χ1v) is 7.77. The summed E-state index contributed by atoms with van der Waals surface area (Å²) in [5.41, 5.74) is 2.59. The van der Waals surface area contributed by atoms with Crippen LogP contribution in [0.15, 0.2) is 30.3 Å². The Balaban J connectivity index is 1.99. The average molecular weight is 344 g/mol. The predicted molar refractivity (Wildman–Crippen MR) is 89.1 cm³/mol. The topological polar surface area (TPSA) is 24.9 Å². The van der Waals surface area contributed by atoms with E-state index in [0.29, 0.717) is 15.1 Å². The molecule has 0 bridgehead atoms. The van der Waals surface area contributed by atoms with Crippen molar-refractivity contribution in [1.29, 1.82) is 0 Å². The summed E-state index contributed by atoms with van der Waals surface area (Å²) < 4.78 is 1.02. The minimum absolute atomic E-state index is 0.615. The summed E-state index contributed by atoms with van der Waals surface area (Å²) in [4.78, 5) is 4.49. The van der Waals surface area contributed by atoms with Crippen LogP contribution in [0.2, 0.25) is 15.1 Å². The van der Waals surface area contributed by atoms with Gasteiger partial charge in [-0.1, -0.05) is 46.1 Å². The highest BCUT2D eigenvalue weighted by Crippen LogP contribution is 2.34. The van der Waals surface area contributed by atoms with Gasteiger partial charge in [-0.3, -0.25) is 0 Å². The Morgan fingerprint density at radius 3 is 2.65 bits per heavy atom. The van der Waals surface area contributed by atoms with Crippen LogP contribution in [0.4, 0.5) is 10.8 Å². The number of halogens is 3. The highest BCUT2D eigenvalue weighted by Gasteiger charge is 2.09. The van der Waals surface area contributed by atoms with Gasteiger partial charge >= 0.3 is 0 Å². The zero-order valence-electron chi connectivity index (χ0n) is 10.4. The Labute approximate surface area is 135 Å². The Kier molecular flexibility index (Phi) is 3.78. The number of benzene rings is 2. The lowest BCUT2D eigenvalue weighted by molar-refractivity contribution is 1.42. The van der Waals surface area contributed by atoms with Crippen LogP contribution in [0.25, 0.3) is 10.2 Å². The maximum Gasteiger partial charge on any atom is 0.188 e. The summed E-state index contributed by atoms with van der Waals surface area (Å²) in [6.45, 7) is 1.91. The first-order chi connectivity index (χ1) is 9.52. The van der Waals surface area contributed by atoms with E-state index in [0.717, 1.165) is 26.6 Å². The predicted octanol–water partition coefficient (Wildman–Crippen LogP) is 6.31. The molecule has 2 nitrogen and oxygen atoms in total. The van der Waals surface area contributed by atoms with E-state index in [2.05, 4.69) is 10.3 Å². The highest BCUT2D eigenvalue weighted by molar-refractivity contribution is 7.22. The maximum absolute atomic E-state index is 6.21. The molecule has 3 aromatic rings. The Morgan fingerprint density at radius 1 is 1.05 bits per heavy atom. The van der Waals surface area contributed by atoms with Gasteiger partial charge in [0.05, 0.1) is 20.9 Å². The van der Waals surface area contributed by atoms with E-state index in [9.17, 15) is 0 Å². The van der Waals surface area contributed by atoms with Gasteiger partial charge in [0.15, 0.2) is 5.13 Å². The molecule has 0 unspecified atom stereocenters. The number of hydrogen-bond acceptors (Lipinski definition) is 3. The molecule has 1 aromatic heterocycles. The molecule has 6 heteroatoms. The average Bonchev–Trinajstić information content (AvgIpc) is 2.77. The Hall–Kier alpha value is -1.000. The van der Waals surface area contributed by atoms with Gasteiger partial charge in [-0.25, -0.2) is 4.98 Å². The number of anilines is 2. The molecular weight excluding hydrogens is 335 g/mol. The number of rotatable bonds is 2. The molecule has 0 fully saturated rings. The Morgan fingerprint density at radius 2 is 1.85 bits per heavy atom. The van der Waals surface area contributed by atoms with Crippen molar-refractivity contribution in [3.8, 4) is 0 Å². The summed E-state index contributed by atoms with van der Waals surface area (Å²) in [5, 5.41) is 5.93. The first-order valence-electron chi connectivity index (χ1n) is 5.82. The summed E-state index contributed by atoms with van der Waals surface area (Å²) in [6, 6.07) is 9.24. The molecule has 0 aliphatic heterocycles. The largest absolute Gasteiger partial charge is 0.330 e. The van der Waals surface area contributed by atoms with Crippen molar-refractivity contribution in [1.82, 2.24) is 4.98 Å². The second kappa shape index (κ2) is 5.41. The molecule has 0 spiro atoms. The quantitative estimate of drug-likeness (QED) is 0.590. The number of nitrogens with one attached hydrogen (secondary N) is 1. The van der Waals surface area contributed by atoms with Gasteiger partial charge in [0, 0.05) is 10.0 Å². The summed E-state index contributed by atoms with van der Waals surface area (Å²) in [5.74, 6) is 0. The van der Waals surface area contributed by atoms with Gasteiger partial charge in [0.25, 0.3) is 0 Å². The van der Waals surface area contributed by atoms with Crippen molar-refractivity contribution in [3.05, 3.63) is 51.0 Å². The van der Waals surface area contributed by atoms with Crippen molar-refractivity contribution < 1.29 is 0 Å². The number of thiazole rings is 1. The Bertz CT molecular complexity index is 798. The monoisotopic (exact) mass is 342 g/mol. The van der Waals surface area contributed by atoms with Crippen LogP contribution >= 0.6 is 46.1 Å². The summed E-state index contributed by atoms with van der Waals surface area (Å²) >= 11 is 19.8. The van der Waals surface area contributed by atoms with Crippen LogP contribution in [0.5, 0.6) is 0 Å². The molecule has 0 radical (unpaired) electrons. The molecule has 2 aromatic carbocycles. The zero-order valence-corrected chi connectivity index (χ0v) is 13.5. The molecule has 0 atom stereocenters. The molecule has 1 heterocycles. The van der Waals surface area contributed by atoms with E-state index >= 15 is 0 Å². The number of aryl methyl sites for hydroxylation is 1. The number of hydrogen-bond donors (Lipinski definition) is 1. The van der Waals surface area contributed by atoms with Crippen LogP contribution in [-0.4, -0.2) is 4.98 Å². The van der Waals surface area contributed by atoms with E-state index in [1.54, 1.807) is 6.07 Å². The molecule has 0 aliphatic rings. The second-order valence-electron chi connectivity index (χ2n) is 4.34. The normalized spacial score (nSPS) is 11.0. The molecule has 0 saturated carbocycles. The molecule has 0 amide bonds. The van der Waals surface area contributed by atoms with Gasteiger partial charge in [-0.15, -0.1) is 0 Å². The van der Waals surface area contributed by atoms with Crippen molar-refractivity contribution in [3.63, 3.8) is 0 Å². The van der Waals surface area contributed by atoms with Crippen LogP contribution in [-0.2, 0) is 0 Å². The van der Waals surface area contributed by atoms with Crippen molar-refractivity contribution in [2.75, 3.05) is 5.32 Å².